The highest BCUT2D eigenvalue weighted by Gasteiger charge is 2.28. The fourth-order valence-electron chi connectivity index (χ4n) is 4.67. The number of benzene rings is 2. The van der Waals surface area contributed by atoms with Crippen LogP contribution in [0.4, 0.5) is 5.69 Å². The van der Waals surface area contributed by atoms with Gasteiger partial charge in [-0.3, -0.25) is 24.0 Å². The number of amides is 5. The lowest BCUT2D eigenvalue weighted by atomic mass is 10.0. The van der Waals surface area contributed by atoms with E-state index in [1.165, 1.54) is 12.1 Å². The molecule has 0 aliphatic rings. The molecule has 5 amide bonds. The number of rotatable bonds is 15. The number of aryl methyl sites for hydroxylation is 1. The van der Waals surface area contributed by atoms with Crippen molar-refractivity contribution >= 4 is 46.2 Å². The van der Waals surface area contributed by atoms with E-state index in [0.29, 0.717) is 16.6 Å². The molecule has 0 spiro atoms. The maximum Gasteiger partial charge on any atom is 0.336 e. The van der Waals surface area contributed by atoms with Crippen molar-refractivity contribution in [3.8, 4) is 0 Å². The van der Waals surface area contributed by atoms with Gasteiger partial charge >= 0.3 is 5.63 Å². The van der Waals surface area contributed by atoms with Crippen molar-refractivity contribution in [1.29, 1.82) is 0 Å². The van der Waals surface area contributed by atoms with E-state index in [1.54, 1.807) is 19.1 Å². The number of nitrogens with one attached hydrogen (secondary N) is 4. The van der Waals surface area contributed by atoms with Crippen molar-refractivity contribution in [3.63, 3.8) is 0 Å². The van der Waals surface area contributed by atoms with Crippen LogP contribution in [0.2, 0.25) is 0 Å². The van der Waals surface area contributed by atoms with Crippen LogP contribution >= 0.6 is 0 Å². The zero-order chi connectivity index (χ0) is 33.1. The minimum absolute atomic E-state index is 0.0245. The molecule has 0 saturated carbocycles. The molecule has 3 atom stereocenters. The number of nitrogens with two attached hydrogens (primary N) is 2. The van der Waals surface area contributed by atoms with Crippen molar-refractivity contribution in [3.05, 3.63) is 76.1 Å². The average Bonchev–Trinajstić information content (AvgIpc) is 2.97. The molecule has 13 heteroatoms. The largest absolute Gasteiger partial charge is 0.423 e. The number of hydrogen-bond donors (Lipinski definition) is 6. The van der Waals surface area contributed by atoms with Crippen LogP contribution in [0.25, 0.3) is 11.0 Å². The molecule has 1 aromatic heterocycles. The van der Waals surface area contributed by atoms with Gasteiger partial charge in [-0.25, -0.2) is 4.79 Å². The summed E-state index contributed by atoms with van der Waals surface area (Å²) in [6.07, 6.45) is 0.216. The molecule has 45 heavy (non-hydrogen) atoms. The van der Waals surface area contributed by atoms with Crippen molar-refractivity contribution in [2.75, 3.05) is 11.9 Å². The van der Waals surface area contributed by atoms with Gasteiger partial charge in [-0.1, -0.05) is 44.2 Å². The van der Waals surface area contributed by atoms with Crippen LogP contribution in [0.5, 0.6) is 0 Å². The van der Waals surface area contributed by atoms with Crippen LogP contribution in [-0.4, -0.2) is 54.2 Å². The van der Waals surface area contributed by atoms with Crippen molar-refractivity contribution in [1.82, 2.24) is 16.0 Å². The Labute approximate surface area is 260 Å². The third-order valence-electron chi connectivity index (χ3n) is 6.95. The maximum absolute atomic E-state index is 13.3. The zero-order valence-corrected chi connectivity index (χ0v) is 25.6. The lowest BCUT2D eigenvalue weighted by Crippen LogP contribution is -2.54. The van der Waals surface area contributed by atoms with E-state index in [9.17, 15) is 28.8 Å². The second kappa shape index (κ2) is 16.1. The topological polar surface area (TPSA) is 216 Å². The van der Waals surface area contributed by atoms with Gasteiger partial charge in [0, 0.05) is 29.6 Å². The van der Waals surface area contributed by atoms with Crippen molar-refractivity contribution < 1.29 is 28.4 Å². The van der Waals surface area contributed by atoms with Gasteiger partial charge in [0.2, 0.25) is 29.5 Å². The van der Waals surface area contributed by atoms with E-state index in [-0.39, 0.29) is 37.2 Å². The molecule has 8 N–H and O–H groups in total. The molecule has 0 bridgehead atoms. The van der Waals surface area contributed by atoms with E-state index in [0.717, 1.165) is 5.56 Å². The van der Waals surface area contributed by atoms with E-state index in [1.807, 2.05) is 44.2 Å². The van der Waals surface area contributed by atoms with Crippen LogP contribution in [0.3, 0.4) is 0 Å². The zero-order valence-electron chi connectivity index (χ0n) is 25.6. The Kier molecular flexibility index (Phi) is 12.4. The number of carbonyl (C=O) groups is 5. The van der Waals surface area contributed by atoms with Crippen LogP contribution in [-0.2, 0) is 30.4 Å². The molecule has 0 aliphatic carbocycles. The lowest BCUT2D eigenvalue weighted by molar-refractivity contribution is -0.132. The van der Waals surface area contributed by atoms with E-state index < -0.39 is 59.8 Å². The standard InChI is InChI=1S/C32H40N6O7/c1-18(2)13-25(37-28(40)17-35-30(42)23(33)15-20-7-5-4-6-8-20)32(44)38-24(11-12-27(34)39)31(43)36-21-9-10-22-19(3)14-29(41)45-26(22)16-21/h4-10,14,16,18,23-25H,11-13,15,17,33H2,1-3H3,(H2,34,39)(H,35,42)(H,36,43)(H,37,40)(H,38,44)/t23-,24-,25-/m0/s1. The Balaban J connectivity index is 1.66. The highest BCUT2D eigenvalue weighted by Crippen LogP contribution is 2.21. The molecule has 0 aliphatic heterocycles. The third kappa shape index (κ3) is 10.9. The summed E-state index contributed by atoms with van der Waals surface area (Å²) in [6, 6.07) is 12.2. The smallest absolute Gasteiger partial charge is 0.336 e. The van der Waals surface area contributed by atoms with Crippen molar-refractivity contribution in [2.45, 2.75) is 64.6 Å². The van der Waals surface area contributed by atoms with Gasteiger partial charge in [0.25, 0.3) is 0 Å². The van der Waals surface area contributed by atoms with Gasteiger partial charge in [-0.05, 0) is 55.4 Å². The molecule has 1 heterocycles. The van der Waals surface area contributed by atoms with Crippen LogP contribution in [0.15, 0.2) is 63.8 Å². The second-order valence-corrected chi connectivity index (χ2v) is 11.3. The van der Waals surface area contributed by atoms with E-state index in [2.05, 4.69) is 21.3 Å². The summed E-state index contributed by atoms with van der Waals surface area (Å²) < 4.78 is 5.24. The summed E-state index contributed by atoms with van der Waals surface area (Å²) in [5, 5.41) is 11.1. The normalized spacial score (nSPS) is 13.0. The Morgan fingerprint density at radius 1 is 0.889 bits per heavy atom. The minimum Gasteiger partial charge on any atom is -0.423 e. The molecular weight excluding hydrogens is 580 g/mol. The Morgan fingerprint density at radius 2 is 1.60 bits per heavy atom. The predicted octanol–water partition coefficient (Wildman–Crippen LogP) is 1.01. The van der Waals surface area contributed by atoms with Gasteiger partial charge in [0.05, 0.1) is 12.6 Å². The molecule has 0 unspecified atom stereocenters. The van der Waals surface area contributed by atoms with Gasteiger partial charge in [-0.15, -0.1) is 0 Å². The monoisotopic (exact) mass is 620 g/mol. The summed E-state index contributed by atoms with van der Waals surface area (Å²) in [5.41, 5.74) is 12.9. The first kappa shape index (κ1) is 34.5. The molecule has 3 aromatic rings. The molecule has 3 rings (SSSR count). The van der Waals surface area contributed by atoms with Crippen molar-refractivity contribution in [2.24, 2.45) is 17.4 Å². The van der Waals surface area contributed by atoms with Crippen LogP contribution < -0.4 is 38.4 Å². The lowest BCUT2D eigenvalue weighted by Gasteiger charge is -2.24. The quantitative estimate of drug-likeness (QED) is 0.134. The number of hydrogen-bond acceptors (Lipinski definition) is 8. The highest BCUT2D eigenvalue weighted by molar-refractivity contribution is 6.00. The predicted molar refractivity (Wildman–Crippen MR) is 169 cm³/mol. The molecule has 2 aromatic carbocycles. The second-order valence-electron chi connectivity index (χ2n) is 11.3. The summed E-state index contributed by atoms with van der Waals surface area (Å²) in [4.78, 5) is 75.1. The molecule has 0 saturated heterocycles. The Morgan fingerprint density at radius 3 is 2.27 bits per heavy atom. The molecule has 13 nitrogen and oxygen atoms in total. The third-order valence-corrected chi connectivity index (χ3v) is 6.95. The molecule has 0 fully saturated rings. The average molecular weight is 621 g/mol. The molecule has 240 valence electrons. The molecule has 0 radical (unpaired) electrons. The first-order chi connectivity index (χ1) is 21.3. The fraction of sp³-hybridized carbons (Fsp3) is 0.375. The van der Waals surface area contributed by atoms with E-state index in [4.69, 9.17) is 15.9 Å². The summed E-state index contributed by atoms with van der Waals surface area (Å²) >= 11 is 0. The first-order valence-electron chi connectivity index (χ1n) is 14.6. The molecular formula is C32H40N6O7. The fourth-order valence-corrected chi connectivity index (χ4v) is 4.67. The van der Waals surface area contributed by atoms with Crippen LogP contribution in [0, 0.1) is 12.8 Å². The number of fused-ring (bicyclic) bond motifs is 1. The summed E-state index contributed by atoms with van der Waals surface area (Å²) in [5.74, 6) is -3.14. The van der Waals surface area contributed by atoms with Gasteiger partial charge in [0.1, 0.15) is 17.7 Å². The number of anilines is 1. The summed E-state index contributed by atoms with van der Waals surface area (Å²) in [7, 11) is 0. The first-order valence-corrected chi connectivity index (χ1v) is 14.6. The SMILES string of the molecule is Cc1cc(=O)oc2cc(NC(=O)[C@H](CCC(N)=O)NC(=O)[C@H](CC(C)C)NC(=O)CNC(=O)[C@@H](N)Cc3ccccc3)ccc12. The highest BCUT2D eigenvalue weighted by atomic mass is 16.4. The Bertz CT molecular complexity index is 1590. The number of primary amides is 1. The minimum atomic E-state index is -1.19. The van der Waals surface area contributed by atoms with Gasteiger partial charge in [0.15, 0.2) is 0 Å². The number of carbonyl (C=O) groups excluding carboxylic acids is 5. The Hall–Kier alpha value is -5.04. The van der Waals surface area contributed by atoms with Gasteiger partial charge in [-0.2, -0.15) is 0 Å². The maximum atomic E-state index is 13.3. The summed E-state index contributed by atoms with van der Waals surface area (Å²) in [6.45, 7) is 5.06. The van der Waals surface area contributed by atoms with E-state index >= 15 is 0 Å². The van der Waals surface area contributed by atoms with Crippen LogP contribution in [0.1, 0.15) is 44.2 Å². The van der Waals surface area contributed by atoms with Gasteiger partial charge < -0.3 is 37.2 Å².